The second kappa shape index (κ2) is 8.63. The highest BCUT2D eigenvalue weighted by atomic mass is 19.4. The molecule has 0 fully saturated rings. The number of aliphatic hydroxyl groups excluding tert-OH is 1. The molecule has 2 aromatic rings. The molecule has 0 saturated carbocycles. The van der Waals surface area contributed by atoms with Gasteiger partial charge in [0.2, 0.25) is 0 Å². The van der Waals surface area contributed by atoms with E-state index in [0.29, 0.717) is 17.1 Å². The Hall–Kier alpha value is -2.94. The quantitative estimate of drug-likeness (QED) is 0.711. The first kappa shape index (κ1) is 20.4. The number of carbonyl (C=O) groups is 1. The van der Waals surface area contributed by atoms with Crippen molar-refractivity contribution < 1.29 is 32.5 Å². The molecule has 0 bridgehead atoms. The molecule has 0 saturated heterocycles. The van der Waals surface area contributed by atoms with Crippen molar-refractivity contribution in [1.82, 2.24) is 5.32 Å². The van der Waals surface area contributed by atoms with Gasteiger partial charge in [0.1, 0.15) is 17.6 Å². The summed E-state index contributed by atoms with van der Waals surface area (Å²) in [6, 6.07) is 8.32. The van der Waals surface area contributed by atoms with Gasteiger partial charge >= 0.3 is 12.2 Å². The predicted octanol–water partition coefficient (Wildman–Crippen LogP) is 3.58. The third kappa shape index (κ3) is 5.52. The van der Waals surface area contributed by atoms with E-state index in [9.17, 15) is 23.1 Å². The molecule has 0 unspecified atom stereocenters. The SMILES string of the molecule is COc1ccc(OC)c([C@H](O)CNC(=O)Nc2cccc(C(F)(F)F)c2)c1. The summed E-state index contributed by atoms with van der Waals surface area (Å²) in [6.45, 7) is -0.186. The molecule has 0 spiro atoms. The number of rotatable bonds is 6. The normalized spacial score (nSPS) is 12.2. The molecule has 6 nitrogen and oxygen atoms in total. The Morgan fingerprint density at radius 2 is 1.89 bits per heavy atom. The van der Waals surface area contributed by atoms with Crippen LogP contribution in [0.4, 0.5) is 23.7 Å². The van der Waals surface area contributed by atoms with E-state index >= 15 is 0 Å². The highest BCUT2D eigenvalue weighted by Gasteiger charge is 2.30. The monoisotopic (exact) mass is 384 g/mol. The lowest BCUT2D eigenvalue weighted by molar-refractivity contribution is -0.137. The van der Waals surface area contributed by atoms with E-state index in [-0.39, 0.29) is 12.2 Å². The number of hydrogen-bond acceptors (Lipinski definition) is 4. The lowest BCUT2D eigenvalue weighted by Crippen LogP contribution is -2.32. The van der Waals surface area contributed by atoms with Crippen LogP contribution in [0.3, 0.4) is 0 Å². The number of halogens is 3. The number of carbonyl (C=O) groups excluding carboxylic acids is 1. The fraction of sp³-hybridized carbons (Fsp3) is 0.278. The van der Waals surface area contributed by atoms with Gasteiger partial charge in [-0.3, -0.25) is 0 Å². The minimum atomic E-state index is -4.51. The summed E-state index contributed by atoms with van der Waals surface area (Å²) in [6.07, 6.45) is -5.62. The van der Waals surface area contributed by atoms with Gasteiger partial charge in [0.25, 0.3) is 0 Å². The number of methoxy groups -OCH3 is 2. The summed E-state index contributed by atoms with van der Waals surface area (Å²) in [5.41, 5.74) is -0.492. The van der Waals surface area contributed by atoms with Gasteiger partial charge in [-0.05, 0) is 36.4 Å². The summed E-state index contributed by atoms with van der Waals surface area (Å²) in [4.78, 5) is 11.9. The van der Waals surface area contributed by atoms with Crippen LogP contribution in [0.1, 0.15) is 17.2 Å². The molecule has 3 N–H and O–H groups in total. The summed E-state index contributed by atoms with van der Waals surface area (Å²) in [5.74, 6) is 0.904. The van der Waals surface area contributed by atoms with Crippen LogP contribution < -0.4 is 20.1 Å². The van der Waals surface area contributed by atoms with Gasteiger partial charge in [0, 0.05) is 17.8 Å². The van der Waals surface area contributed by atoms with Crippen LogP contribution in [0.25, 0.3) is 0 Å². The molecule has 2 aromatic carbocycles. The third-order valence-corrected chi connectivity index (χ3v) is 3.70. The summed E-state index contributed by atoms with van der Waals surface area (Å²) in [7, 11) is 2.91. The molecule has 0 heterocycles. The van der Waals surface area contributed by atoms with Crippen molar-refractivity contribution in [3.8, 4) is 11.5 Å². The van der Waals surface area contributed by atoms with Crippen LogP contribution in [0.15, 0.2) is 42.5 Å². The molecule has 1 atom stereocenters. The first-order valence-corrected chi connectivity index (χ1v) is 7.86. The maximum Gasteiger partial charge on any atom is 0.416 e. The number of alkyl halides is 3. The second-order valence-corrected chi connectivity index (χ2v) is 5.54. The lowest BCUT2D eigenvalue weighted by Gasteiger charge is -2.17. The summed E-state index contributed by atoms with van der Waals surface area (Å²) < 4.78 is 48.3. The smallest absolute Gasteiger partial charge is 0.416 e. The second-order valence-electron chi connectivity index (χ2n) is 5.54. The van der Waals surface area contributed by atoms with Crippen molar-refractivity contribution in [2.75, 3.05) is 26.1 Å². The molecule has 146 valence electrons. The Bertz CT molecular complexity index is 796. The number of nitrogens with one attached hydrogen (secondary N) is 2. The molecule has 2 rings (SSSR count). The number of anilines is 1. The van der Waals surface area contributed by atoms with Gasteiger partial charge in [0.05, 0.1) is 19.8 Å². The molecule has 0 aliphatic heterocycles. The van der Waals surface area contributed by atoms with Crippen LogP contribution in [0.5, 0.6) is 11.5 Å². The average molecular weight is 384 g/mol. The largest absolute Gasteiger partial charge is 0.497 e. The zero-order chi connectivity index (χ0) is 20.0. The molecule has 0 aliphatic carbocycles. The molecule has 9 heteroatoms. The van der Waals surface area contributed by atoms with Crippen molar-refractivity contribution in [2.45, 2.75) is 12.3 Å². The van der Waals surface area contributed by atoms with Gasteiger partial charge in [-0.1, -0.05) is 6.07 Å². The summed E-state index contributed by atoms with van der Waals surface area (Å²) in [5, 5.41) is 15.0. The number of amides is 2. The molecular formula is C18H19F3N2O4. The van der Waals surface area contributed by atoms with E-state index in [4.69, 9.17) is 9.47 Å². The van der Waals surface area contributed by atoms with Crippen LogP contribution in [-0.2, 0) is 6.18 Å². The maximum atomic E-state index is 12.7. The van der Waals surface area contributed by atoms with E-state index in [1.54, 1.807) is 18.2 Å². The zero-order valence-electron chi connectivity index (χ0n) is 14.6. The predicted molar refractivity (Wildman–Crippen MR) is 93.0 cm³/mol. The Kier molecular flexibility index (Phi) is 6.51. The fourth-order valence-electron chi connectivity index (χ4n) is 2.35. The number of aliphatic hydroxyl groups is 1. The van der Waals surface area contributed by atoms with E-state index in [1.165, 1.54) is 26.4 Å². The van der Waals surface area contributed by atoms with Gasteiger partial charge in [-0.2, -0.15) is 13.2 Å². The van der Waals surface area contributed by atoms with Crippen molar-refractivity contribution in [3.63, 3.8) is 0 Å². The molecule has 0 aromatic heterocycles. The number of ether oxygens (including phenoxy) is 2. The molecular weight excluding hydrogens is 365 g/mol. The van der Waals surface area contributed by atoms with Gasteiger partial charge in [-0.15, -0.1) is 0 Å². The number of hydrogen-bond donors (Lipinski definition) is 3. The van der Waals surface area contributed by atoms with Gasteiger partial charge in [0.15, 0.2) is 0 Å². The topological polar surface area (TPSA) is 79.8 Å². The van der Waals surface area contributed by atoms with Gasteiger partial charge < -0.3 is 25.2 Å². The standard InChI is InChI=1S/C18H19F3N2O4/c1-26-13-6-7-16(27-2)14(9-13)15(24)10-22-17(25)23-12-5-3-4-11(8-12)18(19,20)21/h3-9,15,24H,10H2,1-2H3,(H2,22,23,25)/t15-/m1/s1. The third-order valence-electron chi connectivity index (χ3n) is 3.70. The fourth-order valence-corrected chi connectivity index (χ4v) is 2.35. The average Bonchev–Trinajstić information content (AvgIpc) is 2.65. The first-order chi connectivity index (χ1) is 12.7. The Morgan fingerprint density at radius 3 is 2.52 bits per heavy atom. The lowest BCUT2D eigenvalue weighted by atomic mass is 10.1. The number of benzene rings is 2. The maximum absolute atomic E-state index is 12.7. The molecule has 2 amide bonds. The molecule has 0 aliphatic rings. The highest BCUT2D eigenvalue weighted by Crippen LogP contribution is 2.31. The van der Waals surface area contributed by atoms with Crippen LogP contribution in [0.2, 0.25) is 0 Å². The van der Waals surface area contributed by atoms with E-state index < -0.39 is 23.9 Å². The summed E-state index contributed by atoms with van der Waals surface area (Å²) >= 11 is 0. The van der Waals surface area contributed by atoms with E-state index in [0.717, 1.165) is 12.1 Å². The van der Waals surface area contributed by atoms with Crippen LogP contribution in [-0.4, -0.2) is 31.9 Å². The first-order valence-electron chi connectivity index (χ1n) is 7.86. The van der Waals surface area contributed by atoms with Crippen molar-refractivity contribution in [1.29, 1.82) is 0 Å². The minimum Gasteiger partial charge on any atom is -0.497 e. The van der Waals surface area contributed by atoms with Crippen molar-refractivity contribution in [2.24, 2.45) is 0 Å². The van der Waals surface area contributed by atoms with Crippen LogP contribution >= 0.6 is 0 Å². The Balaban J connectivity index is 2.00. The highest BCUT2D eigenvalue weighted by molar-refractivity contribution is 5.89. The minimum absolute atomic E-state index is 0.0178. The van der Waals surface area contributed by atoms with Crippen molar-refractivity contribution in [3.05, 3.63) is 53.6 Å². The van der Waals surface area contributed by atoms with E-state index in [1.807, 2.05) is 0 Å². The molecule has 0 radical (unpaired) electrons. The number of urea groups is 1. The zero-order valence-corrected chi connectivity index (χ0v) is 14.6. The van der Waals surface area contributed by atoms with Crippen molar-refractivity contribution >= 4 is 11.7 Å². The Morgan fingerprint density at radius 1 is 1.15 bits per heavy atom. The molecule has 27 heavy (non-hydrogen) atoms. The van der Waals surface area contributed by atoms with E-state index in [2.05, 4.69) is 10.6 Å². The van der Waals surface area contributed by atoms with Gasteiger partial charge in [-0.25, -0.2) is 4.79 Å². The Labute approximate surface area is 153 Å². The van der Waals surface area contributed by atoms with Crippen LogP contribution in [0, 0.1) is 0 Å².